The Morgan fingerprint density at radius 1 is 1.21 bits per heavy atom. The van der Waals surface area contributed by atoms with E-state index in [9.17, 15) is 4.79 Å². The largest absolute Gasteiger partial charge is 0.373 e. The molecular weight excluding hydrogens is 354 g/mol. The first-order valence-electron chi connectivity index (χ1n) is 10.3. The predicted molar refractivity (Wildman–Crippen MR) is 111 cm³/mol. The molecule has 2 aliphatic rings. The summed E-state index contributed by atoms with van der Waals surface area (Å²) in [6.45, 7) is 7.76. The topological polar surface area (TPSA) is 69.2 Å². The SMILES string of the molecule is CCCNC(=O)CCNC(=NC)N1CC2OCCN(Cc3ccccc3)C2C1. The van der Waals surface area contributed by atoms with Crippen LogP contribution in [-0.2, 0) is 16.1 Å². The first-order valence-corrected chi connectivity index (χ1v) is 10.3. The second-order valence-electron chi connectivity index (χ2n) is 7.41. The van der Waals surface area contributed by atoms with Crippen molar-refractivity contribution in [1.29, 1.82) is 0 Å². The molecule has 2 heterocycles. The van der Waals surface area contributed by atoms with Gasteiger partial charge in [-0.2, -0.15) is 0 Å². The molecule has 2 fully saturated rings. The summed E-state index contributed by atoms with van der Waals surface area (Å²) in [5.74, 6) is 0.929. The van der Waals surface area contributed by atoms with Crippen molar-refractivity contribution in [3.8, 4) is 0 Å². The van der Waals surface area contributed by atoms with Crippen LogP contribution in [0.4, 0.5) is 0 Å². The van der Waals surface area contributed by atoms with E-state index < -0.39 is 0 Å². The molecule has 1 aromatic carbocycles. The van der Waals surface area contributed by atoms with Crippen LogP contribution in [0, 0.1) is 0 Å². The Bertz CT molecular complexity index is 651. The number of nitrogens with one attached hydrogen (secondary N) is 2. The van der Waals surface area contributed by atoms with E-state index in [1.165, 1.54) is 5.56 Å². The number of carbonyl (C=O) groups excluding carboxylic acids is 1. The lowest BCUT2D eigenvalue weighted by molar-refractivity contribution is -0.120. The van der Waals surface area contributed by atoms with Gasteiger partial charge in [-0.1, -0.05) is 37.3 Å². The summed E-state index contributed by atoms with van der Waals surface area (Å²) in [5.41, 5.74) is 1.34. The highest BCUT2D eigenvalue weighted by Crippen LogP contribution is 2.24. The van der Waals surface area contributed by atoms with Crippen LogP contribution in [0.3, 0.4) is 0 Å². The summed E-state index contributed by atoms with van der Waals surface area (Å²) in [6, 6.07) is 11.0. The van der Waals surface area contributed by atoms with Gasteiger partial charge in [0.1, 0.15) is 0 Å². The molecule has 2 unspecified atom stereocenters. The summed E-state index contributed by atoms with van der Waals surface area (Å²) in [4.78, 5) is 21.0. The number of fused-ring (bicyclic) bond motifs is 1. The van der Waals surface area contributed by atoms with Crippen molar-refractivity contribution in [3.63, 3.8) is 0 Å². The molecule has 2 atom stereocenters. The highest BCUT2D eigenvalue weighted by molar-refractivity contribution is 5.81. The number of hydrogen-bond acceptors (Lipinski definition) is 4. The van der Waals surface area contributed by atoms with Gasteiger partial charge in [0.2, 0.25) is 5.91 Å². The number of nitrogens with zero attached hydrogens (tertiary/aromatic N) is 3. The summed E-state index contributed by atoms with van der Waals surface area (Å²) in [5, 5.41) is 6.24. The van der Waals surface area contributed by atoms with Crippen LogP contribution in [0.5, 0.6) is 0 Å². The lowest BCUT2D eigenvalue weighted by Crippen LogP contribution is -2.50. The third kappa shape index (κ3) is 5.45. The van der Waals surface area contributed by atoms with Gasteiger partial charge in [-0.25, -0.2) is 0 Å². The second kappa shape index (κ2) is 10.4. The molecule has 0 radical (unpaired) electrons. The molecule has 2 saturated heterocycles. The summed E-state index contributed by atoms with van der Waals surface area (Å²) in [6.07, 6.45) is 1.61. The molecule has 154 valence electrons. The quantitative estimate of drug-likeness (QED) is 0.541. The van der Waals surface area contributed by atoms with E-state index in [4.69, 9.17) is 4.74 Å². The van der Waals surface area contributed by atoms with E-state index in [1.54, 1.807) is 7.05 Å². The second-order valence-corrected chi connectivity index (χ2v) is 7.41. The van der Waals surface area contributed by atoms with Crippen molar-refractivity contribution in [1.82, 2.24) is 20.4 Å². The Balaban J connectivity index is 1.52. The number of aliphatic imine (C=N–C) groups is 1. The molecule has 0 spiro atoms. The maximum atomic E-state index is 11.8. The smallest absolute Gasteiger partial charge is 0.221 e. The Labute approximate surface area is 168 Å². The van der Waals surface area contributed by atoms with Gasteiger partial charge >= 0.3 is 0 Å². The van der Waals surface area contributed by atoms with Crippen molar-refractivity contribution in [2.45, 2.75) is 38.5 Å². The monoisotopic (exact) mass is 387 g/mol. The number of likely N-dealkylation sites (tertiary alicyclic amines) is 1. The zero-order valence-corrected chi connectivity index (χ0v) is 17.1. The van der Waals surface area contributed by atoms with Crippen molar-refractivity contribution in [2.24, 2.45) is 4.99 Å². The van der Waals surface area contributed by atoms with Crippen LogP contribution in [0.25, 0.3) is 0 Å². The maximum Gasteiger partial charge on any atom is 0.221 e. The number of amides is 1. The van der Waals surface area contributed by atoms with Gasteiger partial charge in [-0.3, -0.25) is 14.7 Å². The molecule has 0 saturated carbocycles. The Hall–Kier alpha value is -2.12. The Kier molecular flexibility index (Phi) is 7.68. The average Bonchev–Trinajstić information content (AvgIpc) is 3.15. The Morgan fingerprint density at radius 2 is 2.04 bits per heavy atom. The number of carbonyl (C=O) groups is 1. The van der Waals surface area contributed by atoms with Gasteiger partial charge in [-0.05, 0) is 12.0 Å². The number of morpholine rings is 1. The lowest BCUT2D eigenvalue weighted by Gasteiger charge is -2.36. The summed E-state index contributed by atoms with van der Waals surface area (Å²) < 4.78 is 6.05. The van der Waals surface area contributed by atoms with E-state index in [2.05, 4.69) is 62.7 Å². The van der Waals surface area contributed by atoms with Gasteiger partial charge in [-0.15, -0.1) is 0 Å². The highest BCUT2D eigenvalue weighted by atomic mass is 16.5. The summed E-state index contributed by atoms with van der Waals surface area (Å²) >= 11 is 0. The average molecular weight is 388 g/mol. The predicted octanol–water partition coefficient (Wildman–Crippen LogP) is 1.06. The van der Waals surface area contributed by atoms with Crippen molar-refractivity contribution >= 4 is 11.9 Å². The zero-order chi connectivity index (χ0) is 19.8. The fraction of sp³-hybridized carbons (Fsp3) is 0.619. The normalized spacial score (nSPS) is 22.8. The Morgan fingerprint density at radius 3 is 2.79 bits per heavy atom. The fourth-order valence-corrected chi connectivity index (χ4v) is 3.92. The van der Waals surface area contributed by atoms with E-state index in [-0.39, 0.29) is 12.0 Å². The lowest BCUT2D eigenvalue weighted by atomic mass is 10.1. The third-order valence-electron chi connectivity index (χ3n) is 5.36. The van der Waals surface area contributed by atoms with Gasteiger partial charge < -0.3 is 20.3 Å². The van der Waals surface area contributed by atoms with Crippen molar-refractivity contribution < 1.29 is 9.53 Å². The summed E-state index contributed by atoms with van der Waals surface area (Å²) in [7, 11) is 1.80. The van der Waals surface area contributed by atoms with E-state index >= 15 is 0 Å². The minimum Gasteiger partial charge on any atom is -0.373 e. The number of benzene rings is 1. The molecule has 0 aromatic heterocycles. The molecule has 0 bridgehead atoms. The van der Waals surface area contributed by atoms with Crippen molar-refractivity contribution in [3.05, 3.63) is 35.9 Å². The van der Waals surface area contributed by atoms with Crippen LogP contribution >= 0.6 is 0 Å². The van der Waals surface area contributed by atoms with Gasteiger partial charge in [0.15, 0.2) is 5.96 Å². The van der Waals surface area contributed by atoms with Crippen LogP contribution in [0.1, 0.15) is 25.3 Å². The molecule has 28 heavy (non-hydrogen) atoms. The van der Waals surface area contributed by atoms with E-state index in [0.717, 1.165) is 51.7 Å². The number of ether oxygens (including phenoxy) is 1. The molecule has 0 aliphatic carbocycles. The van der Waals surface area contributed by atoms with E-state index in [0.29, 0.717) is 19.0 Å². The fourth-order valence-electron chi connectivity index (χ4n) is 3.92. The molecule has 2 N–H and O–H groups in total. The van der Waals surface area contributed by atoms with Crippen LogP contribution in [0.15, 0.2) is 35.3 Å². The molecule has 3 rings (SSSR count). The highest BCUT2D eigenvalue weighted by Gasteiger charge is 2.41. The van der Waals surface area contributed by atoms with Gasteiger partial charge in [0, 0.05) is 52.7 Å². The van der Waals surface area contributed by atoms with Gasteiger partial charge in [0.05, 0.1) is 18.8 Å². The molecular formula is C21H33N5O2. The van der Waals surface area contributed by atoms with Crippen LogP contribution in [-0.4, -0.2) is 80.2 Å². The molecule has 7 heteroatoms. The zero-order valence-electron chi connectivity index (χ0n) is 17.1. The minimum atomic E-state index is 0.0808. The first-order chi connectivity index (χ1) is 13.7. The maximum absolute atomic E-state index is 11.8. The molecule has 7 nitrogen and oxygen atoms in total. The standard InChI is InChI=1S/C21H33N5O2/c1-3-10-23-20(27)9-11-24-21(22-2)26-15-18-19(16-26)28-13-12-25(18)14-17-7-5-4-6-8-17/h4-8,18-19H,3,9-16H2,1-2H3,(H,22,24)(H,23,27). The third-order valence-corrected chi connectivity index (χ3v) is 5.36. The number of hydrogen-bond donors (Lipinski definition) is 2. The van der Waals surface area contributed by atoms with Crippen LogP contribution < -0.4 is 10.6 Å². The number of rotatable bonds is 7. The van der Waals surface area contributed by atoms with Crippen molar-refractivity contribution in [2.75, 3.05) is 46.4 Å². The first kappa shape index (κ1) is 20.6. The molecule has 1 amide bonds. The molecule has 1 aromatic rings. The van der Waals surface area contributed by atoms with Crippen LogP contribution in [0.2, 0.25) is 0 Å². The number of guanidine groups is 1. The molecule has 2 aliphatic heterocycles. The minimum absolute atomic E-state index is 0.0808. The van der Waals surface area contributed by atoms with E-state index in [1.807, 2.05) is 0 Å². The van der Waals surface area contributed by atoms with Gasteiger partial charge in [0.25, 0.3) is 0 Å².